The van der Waals surface area contributed by atoms with Crippen molar-refractivity contribution in [2.75, 3.05) is 21.3 Å². The van der Waals surface area contributed by atoms with Crippen LogP contribution in [0.4, 0.5) is 0 Å². The first-order valence-corrected chi connectivity index (χ1v) is 12.5. The largest absolute Gasteiger partial charge is 0.493 e. The highest BCUT2D eigenvalue weighted by atomic mass is 79.9. The average molecular weight is 591 g/mol. The molecular weight excluding hydrogens is 568 g/mol. The van der Waals surface area contributed by atoms with Crippen LogP contribution >= 0.6 is 15.9 Å². The third-order valence-electron chi connectivity index (χ3n) is 6.51. The predicted octanol–water partition coefficient (Wildman–Crippen LogP) is 5.97. The van der Waals surface area contributed by atoms with Crippen molar-refractivity contribution < 1.29 is 32.9 Å². The van der Waals surface area contributed by atoms with E-state index in [1.807, 2.05) is 12.1 Å². The minimum atomic E-state index is -0.655. The van der Waals surface area contributed by atoms with E-state index in [-0.39, 0.29) is 23.0 Å². The normalized spacial score (nSPS) is 14.3. The summed E-state index contributed by atoms with van der Waals surface area (Å²) in [5.74, 6) is 0.601. The quantitative estimate of drug-likeness (QED) is 0.213. The first-order valence-electron chi connectivity index (χ1n) is 11.7. The summed E-state index contributed by atoms with van der Waals surface area (Å²) < 4.78 is 34.5. The molecule has 0 fully saturated rings. The van der Waals surface area contributed by atoms with E-state index in [0.29, 0.717) is 45.3 Å². The maximum atomic E-state index is 13.0. The standard InChI is InChI=1S/C29H23BrN2O7/c1-14-18-7-5-16(30)11-21(18)38-26(14)29(33)37-17-6-8-19-22(12-17)39-28(32)20(13-31)25(19)15-9-23(34-2)27(36-4)24(10-15)35-3/h5-12,25H,32H2,1-4H3. The van der Waals surface area contributed by atoms with Gasteiger partial charge in [0.25, 0.3) is 0 Å². The van der Waals surface area contributed by atoms with Crippen LogP contribution in [0.1, 0.15) is 33.2 Å². The van der Waals surface area contributed by atoms with Crippen molar-refractivity contribution in [3.63, 3.8) is 0 Å². The topological polar surface area (TPSA) is 126 Å². The Balaban J connectivity index is 1.53. The number of benzene rings is 3. The van der Waals surface area contributed by atoms with E-state index in [1.165, 1.54) is 21.3 Å². The second kappa shape index (κ2) is 10.3. The van der Waals surface area contributed by atoms with E-state index in [4.69, 9.17) is 33.8 Å². The molecule has 0 radical (unpaired) electrons. The molecule has 0 aliphatic carbocycles. The minimum absolute atomic E-state index is 0.0640. The molecule has 1 aromatic heterocycles. The van der Waals surface area contributed by atoms with E-state index in [9.17, 15) is 10.1 Å². The predicted molar refractivity (Wildman–Crippen MR) is 145 cm³/mol. The van der Waals surface area contributed by atoms with Gasteiger partial charge in [0.05, 0.1) is 27.2 Å². The molecule has 0 saturated carbocycles. The van der Waals surface area contributed by atoms with Crippen molar-refractivity contribution in [2.45, 2.75) is 12.8 Å². The van der Waals surface area contributed by atoms with Crippen LogP contribution in [0.25, 0.3) is 11.0 Å². The number of nitriles is 1. The maximum absolute atomic E-state index is 13.0. The first-order chi connectivity index (χ1) is 18.8. The number of aryl methyl sites for hydroxylation is 1. The van der Waals surface area contributed by atoms with Crippen LogP contribution in [0.15, 0.2) is 68.9 Å². The molecule has 3 aromatic carbocycles. The van der Waals surface area contributed by atoms with Gasteiger partial charge >= 0.3 is 5.97 Å². The summed E-state index contributed by atoms with van der Waals surface area (Å²) in [5, 5.41) is 10.8. The molecule has 1 aliphatic heterocycles. The Morgan fingerprint density at radius 3 is 2.38 bits per heavy atom. The van der Waals surface area contributed by atoms with Crippen LogP contribution in [-0.4, -0.2) is 27.3 Å². The molecule has 5 rings (SSSR count). The Hall–Kier alpha value is -4.62. The summed E-state index contributed by atoms with van der Waals surface area (Å²) in [4.78, 5) is 13.0. The van der Waals surface area contributed by atoms with Gasteiger partial charge in [-0.2, -0.15) is 5.26 Å². The molecule has 2 N–H and O–H groups in total. The Morgan fingerprint density at radius 2 is 1.74 bits per heavy atom. The molecule has 10 heteroatoms. The zero-order valence-electron chi connectivity index (χ0n) is 21.5. The molecule has 1 unspecified atom stereocenters. The van der Waals surface area contributed by atoms with E-state index in [2.05, 4.69) is 22.0 Å². The Labute approximate surface area is 232 Å². The Morgan fingerprint density at radius 1 is 1.03 bits per heavy atom. The summed E-state index contributed by atoms with van der Waals surface area (Å²) in [7, 11) is 4.53. The maximum Gasteiger partial charge on any atom is 0.379 e. The van der Waals surface area contributed by atoms with Crippen LogP contribution in [0.5, 0.6) is 28.7 Å². The summed E-state index contributed by atoms with van der Waals surface area (Å²) >= 11 is 3.41. The van der Waals surface area contributed by atoms with Gasteiger partial charge in [-0.15, -0.1) is 0 Å². The average Bonchev–Trinajstić information content (AvgIpc) is 3.26. The fourth-order valence-corrected chi connectivity index (χ4v) is 5.00. The number of hydrogen-bond donors (Lipinski definition) is 1. The minimum Gasteiger partial charge on any atom is -0.493 e. The van der Waals surface area contributed by atoms with Crippen molar-refractivity contribution in [3.8, 4) is 34.8 Å². The van der Waals surface area contributed by atoms with Gasteiger partial charge in [0.2, 0.25) is 17.4 Å². The first kappa shape index (κ1) is 26.0. The van der Waals surface area contributed by atoms with Crippen LogP contribution in [0, 0.1) is 18.3 Å². The van der Waals surface area contributed by atoms with Crippen LogP contribution in [-0.2, 0) is 0 Å². The highest BCUT2D eigenvalue weighted by Crippen LogP contribution is 2.47. The number of halogens is 1. The lowest BCUT2D eigenvalue weighted by Gasteiger charge is -2.27. The third-order valence-corrected chi connectivity index (χ3v) is 7.00. The molecule has 4 aromatic rings. The number of nitrogens with zero attached hydrogens (tertiary/aromatic N) is 1. The number of methoxy groups -OCH3 is 3. The number of esters is 1. The fourth-order valence-electron chi connectivity index (χ4n) is 4.66. The lowest BCUT2D eigenvalue weighted by atomic mass is 9.83. The number of carbonyl (C=O) groups excluding carboxylic acids is 1. The molecule has 198 valence electrons. The van der Waals surface area contributed by atoms with Crippen LogP contribution in [0.3, 0.4) is 0 Å². The van der Waals surface area contributed by atoms with Gasteiger partial charge in [-0.1, -0.05) is 22.0 Å². The molecule has 0 bridgehead atoms. The zero-order valence-corrected chi connectivity index (χ0v) is 23.0. The zero-order chi connectivity index (χ0) is 27.8. The Bertz CT molecular complexity index is 1680. The second-order valence-corrected chi connectivity index (χ2v) is 9.58. The molecule has 0 saturated heterocycles. The van der Waals surface area contributed by atoms with Gasteiger partial charge in [0.15, 0.2) is 11.5 Å². The summed E-state index contributed by atoms with van der Waals surface area (Å²) in [6.07, 6.45) is 0. The van der Waals surface area contributed by atoms with E-state index in [1.54, 1.807) is 43.3 Å². The lowest BCUT2D eigenvalue weighted by molar-refractivity contribution is 0.0702. The highest BCUT2D eigenvalue weighted by Gasteiger charge is 2.33. The third kappa shape index (κ3) is 4.51. The monoisotopic (exact) mass is 590 g/mol. The number of carbonyl (C=O) groups is 1. The molecule has 39 heavy (non-hydrogen) atoms. The van der Waals surface area contributed by atoms with Gasteiger partial charge in [0, 0.05) is 27.1 Å². The fraction of sp³-hybridized carbons (Fsp3) is 0.172. The lowest BCUT2D eigenvalue weighted by Crippen LogP contribution is -2.21. The van der Waals surface area contributed by atoms with Crippen molar-refractivity contribution in [1.82, 2.24) is 0 Å². The number of hydrogen-bond acceptors (Lipinski definition) is 9. The van der Waals surface area contributed by atoms with Gasteiger partial charge in [-0.3, -0.25) is 0 Å². The van der Waals surface area contributed by atoms with Crippen molar-refractivity contribution >= 4 is 32.9 Å². The van der Waals surface area contributed by atoms with E-state index < -0.39 is 11.9 Å². The number of ether oxygens (including phenoxy) is 5. The molecule has 2 heterocycles. The second-order valence-electron chi connectivity index (χ2n) is 8.67. The molecular formula is C29H23BrN2O7. The number of nitrogens with two attached hydrogens (primary N) is 1. The van der Waals surface area contributed by atoms with Crippen molar-refractivity contribution in [1.29, 1.82) is 5.26 Å². The number of fused-ring (bicyclic) bond motifs is 2. The SMILES string of the molecule is COc1cc(C2C(C#N)=C(N)Oc3cc(OC(=O)c4oc5cc(Br)ccc5c4C)ccc32)cc(OC)c1OC. The smallest absolute Gasteiger partial charge is 0.379 e. The Kier molecular flexibility index (Phi) is 6.85. The highest BCUT2D eigenvalue weighted by molar-refractivity contribution is 9.10. The number of rotatable bonds is 6. The van der Waals surface area contributed by atoms with Gasteiger partial charge < -0.3 is 33.8 Å². The number of allylic oxidation sites excluding steroid dienone is 1. The molecule has 9 nitrogen and oxygen atoms in total. The van der Waals surface area contributed by atoms with Crippen LogP contribution in [0.2, 0.25) is 0 Å². The molecule has 0 spiro atoms. The molecule has 1 atom stereocenters. The van der Waals surface area contributed by atoms with Crippen molar-refractivity contribution in [3.05, 3.63) is 86.9 Å². The summed E-state index contributed by atoms with van der Waals surface area (Å²) in [6, 6.07) is 16.1. The van der Waals surface area contributed by atoms with Gasteiger partial charge in [-0.25, -0.2) is 4.79 Å². The summed E-state index contributed by atoms with van der Waals surface area (Å²) in [5.41, 5.74) is 8.93. The number of furan rings is 1. The van der Waals surface area contributed by atoms with Crippen molar-refractivity contribution in [2.24, 2.45) is 5.73 Å². The molecule has 0 amide bonds. The summed E-state index contributed by atoms with van der Waals surface area (Å²) in [6.45, 7) is 1.79. The van der Waals surface area contributed by atoms with Gasteiger partial charge in [0.1, 0.15) is 28.7 Å². The van der Waals surface area contributed by atoms with E-state index in [0.717, 1.165) is 9.86 Å². The molecule has 1 aliphatic rings. The van der Waals surface area contributed by atoms with Gasteiger partial charge in [-0.05, 0) is 48.9 Å². The van der Waals surface area contributed by atoms with Crippen LogP contribution < -0.4 is 29.4 Å². The van der Waals surface area contributed by atoms with E-state index >= 15 is 0 Å².